The molecule has 2 N–H and O–H groups in total. The molecule has 2 aromatic rings. The Balaban J connectivity index is 1.76. The van der Waals surface area contributed by atoms with Crippen LogP contribution in [0, 0.1) is 6.92 Å². The molecular formula is C20H26N4O3. The van der Waals surface area contributed by atoms with Gasteiger partial charge in [0.15, 0.2) is 0 Å². The number of amides is 2. The van der Waals surface area contributed by atoms with E-state index in [4.69, 9.17) is 4.74 Å². The number of hydrogen-bond donors (Lipinski definition) is 2. The number of likely N-dealkylation sites (tertiary alicyclic amines) is 1. The highest BCUT2D eigenvalue weighted by atomic mass is 16.5. The molecule has 1 saturated heterocycles. The molecular weight excluding hydrogens is 344 g/mol. The molecule has 0 radical (unpaired) electrons. The number of aryl methyl sites for hydroxylation is 1. The monoisotopic (exact) mass is 370 g/mol. The largest absolute Gasteiger partial charge is 0.494 e. The number of aromatic nitrogens is 2. The maximum atomic E-state index is 13.0. The zero-order chi connectivity index (χ0) is 19.4. The van der Waals surface area contributed by atoms with Gasteiger partial charge in [0.1, 0.15) is 5.75 Å². The van der Waals surface area contributed by atoms with Crippen LogP contribution in [0.3, 0.4) is 0 Å². The van der Waals surface area contributed by atoms with Crippen molar-refractivity contribution in [2.75, 3.05) is 25.0 Å². The number of carbonyl (C=O) groups is 2. The van der Waals surface area contributed by atoms with E-state index in [-0.39, 0.29) is 17.7 Å². The standard InChI is InChI=1S/C20H26N4O3/c1-4-27-18-10-15(8-7-13(18)2)20(26)24-9-5-6-16(12-24)19-17(11-21-23-19)22-14(3)25/h7-8,10-11,16H,4-6,9,12H2,1-3H3,(H,21,23)(H,22,25)/t16-/m1/s1. The molecule has 1 aromatic carbocycles. The van der Waals surface area contributed by atoms with E-state index in [9.17, 15) is 9.59 Å². The summed E-state index contributed by atoms with van der Waals surface area (Å²) in [4.78, 5) is 26.3. The second kappa shape index (κ2) is 8.24. The van der Waals surface area contributed by atoms with Crippen LogP contribution in [0.1, 0.15) is 54.2 Å². The van der Waals surface area contributed by atoms with Crippen molar-refractivity contribution in [3.05, 3.63) is 41.2 Å². The molecule has 2 heterocycles. The van der Waals surface area contributed by atoms with Gasteiger partial charge in [-0.15, -0.1) is 0 Å². The number of aromatic amines is 1. The molecule has 0 bridgehead atoms. The molecule has 1 aromatic heterocycles. The summed E-state index contributed by atoms with van der Waals surface area (Å²) in [5.74, 6) is 0.730. The molecule has 1 aliphatic heterocycles. The van der Waals surface area contributed by atoms with E-state index >= 15 is 0 Å². The normalized spacial score (nSPS) is 16.9. The van der Waals surface area contributed by atoms with E-state index in [1.165, 1.54) is 6.92 Å². The zero-order valence-electron chi connectivity index (χ0n) is 16.0. The molecule has 7 heteroatoms. The van der Waals surface area contributed by atoms with Gasteiger partial charge in [0.2, 0.25) is 5.91 Å². The van der Waals surface area contributed by atoms with E-state index in [2.05, 4.69) is 15.5 Å². The first kappa shape index (κ1) is 18.9. The fraction of sp³-hybridized carbons (Fsp3) is 0.450. The number of benzene rings is 1. The highest BCUT2D eigenvalue weighted by molar-refractivity contribution is 5.95. The van der Waals surface area contributed by atoms with Gasteiger partial charge in [-0.3, -0.25) is 14.7 Å². The Bertz CT molecular complexity index is 830. The smallest absolute Gasteiger partial charge is 0.254 e. The van der Waals surface area contributed by atoms with Crippen LogP contribution in [0.2, 0.25) is 0 Å². The van der Waals surface area contributed by atoms with Gasteiger partial charge in [0, 0.05) is 31.5 Å². The lowest BCUT2D eigenvalue weighted by Gasteiger charge is -2.33. The van der Waals surface area contributed by atoms with Crippen molar-refractivity contribution in [2.45, 2.75) is 39.5 Å². The molecule has 1 atom stereocenters. The quantitative estimate of drug-likeness (QED) is 0.847. The van der Waals surface area contributed by atoms with Gasteiger partial charge in [0.25, 0.3) is 5.91 Å². The number of H-pyrrole nitrogens is 1. The van der Waals surface area contributed by atoms with Crippen molar-refractivity contribution in [2.24, 2.45) is 0 Å². The van der Waals surface area contributed by atoms with Gasteiger partial charge in [-0.2, -0.15) is 5.10 Å². The summed E-state index contributed by atoms with van der Waals surface area (Å²) in [5.41, 5.74) is 3.22. The summed E-state index contributed by atoms with van der Waals surface area (Å²) in [6.45, 7) is 7.25. The van der Waals surface area contributed by atoms with Crippen molar-refractivity contribution >= 4 is 17.5 Å². The molecule has 0 spiro atoms. The van der Waals surface area contributed by atoms with Gasteiger partial charge in [0.05, 0.1) is 24.2 Å². The lowest BCUT2D eigenvalue weighted by Crippen LogP contribution is -2.39. The van der Waals surface area contributed by atoms with Crippen LogP contribution in [0.4, 0.5) is 5.69 Å². The van der Waals surface area contributed by atoms with E-state index < -0.39 is 0 Å². The number of ether oxygens (including phenoxy) is 1. The average Bonchev–Trinajstić information content (AvgIpc) is 3.10. The molecule has 1 aliphatic rings. The van der Waals surface area contributed by atoms with Crippen LogP contribution in [0.5, 0.6) is 5.75 Å². The molecule has 7 nitrogen and oxygen atoms in total. The maximum Gasteiger partial charge on any atom is 0.254 e. The Labute approximate surface area is 159 Å². The predicted molar refractivity (Wildman–Crippen MR) is 103 cm³/mol. The Morgan fingerprint density at radius 3 is 2.96 bits per heavy atom. The van der Waals surface area contributed by atoms with E-state index in [0.717, 1.165) is 36.4 Å². The third-order valence-electron chi connectivity index (χ3n) is 4.83. The zero-order valence-corrected chi connectivity index (χ0v) is 16.0. The summed E-state index contributed by atoms with van der Waals surface area (Å²) in [7, 11) is 0. The topological polar surface area (TPSA) is 87.3 Å². The summed E-state index contributed by atoms with van der Waals surface area (Å²) in [6, 6.07) is 5.59. The van der Waals surface area contributed by atoms with Gasteiger partial charge >= 0.3 is 0 Å². The van der Waals surface area contributed by atoms with Gasteiger partial charge in [-0.25, -0.2) is 0 Å². The molecule has 144 valence electrons. The van der Waals surface area contributed by atoms with Gasteiger partial charge < -0.3 is 15.0 Å². The second-order valence-electron chi connectivity index (χ2n) is 6.88. The number of anilines is 1. The van der Waals surface area contributed by atoms with Crippen molar-refractivity contribution in [3.63, 3.8) is 0 Å². The SMILES string of the molecule is CCOc1cc(C(=O)N2CCC[C@@H](c3[nH]ncc3NC(C)=O)C2)ccc1C. The fourth-order valence-electron chi connectivity index (χ4n) is 3.52. The second-order valence-corrected chi connectivity index (χ2v) is 6.88. The molecule has 0 saturated carbocycles. The molecule has 3 rings (SSSR count). The molecule has 0 unspecified atom stereocenters. The van der Waals surface area contributed by atoms with Gasteiger partial charge in [-0.1, -0.05) is 6.07 Å². The average molecular weight is 370 g/mol. The van der Waals surface area contributed by atoms with Crippen LogP contribution in [0.15, 0.2) is 24.4 Å². The third-order valence-corrected chi connectivity index (χ3v) is 4.83. The number of nitrogens with one attached hydrogen (secondary N) is 2. The minimum Gasteiger partial charge on any atom is -0.494 e. The van der Waals surface area contributed by atoms with E-state index in [0.29, 0.717) is 24.4 Å². The molecule has 0 aliphatic carbocycles. The molecule has 1 fully saturated rings. The Hall–Kier alpha value is -2.83. The van der Waals surface area contributed by atoms with Crippen molar-refractivity contribution < 1.29 is 14.3 Å². The van der Waals surface area contributed by atoms with Crippen LogP contribution >= 0.6 is 0 Å². The first-order valence-electron chi connectivity index (χ1n) is 9.33. The van der Waals surface area contributed by atoms with Crippen molar-refractivity contribution in [1.29, 1.82) is 0 Å². The summed E-state index contributed by atoms with van der Waals surface area (Å²) >= 11 is 0. The Kier molecular flexibility index (Phi) is 5.78. The van der Waals surface area contributed by atoms with Gasteiger partial charge in [-0.05, 0) is 44.4 Å². The van der Waals surface area contributed by atoms with E-state index in [1.807, 2.05) is 36.9 Å². The molecule has 27 heavy (non-hydrogen) atoms. The minimum absolute atomic E-state index is 0.00115. The van der Waals surface area contributed by atoms with Crippen LogP contribution in [-0.2, 0) is 4.79 Å². The third kappa shape index (κ3) is 4.30. The van der Waals surface area contributed by atoms with Crippen LogP contribution in [-0.4, -0.2) is 46.6 Å². The minimum atomic E-state index is -0.135. The van der Waals surface area contributed by atoms with Crippen molar-refractivity contribution in [1.82, 2.24) is 15.1 Å². The lowest BCUT2D eigenvalue weighted by molar-refractivity contribution is -0.114. The number of hydrogen-bond acceptors (Lipinski definition) is 4. The predicted octanol–water partition coefficient (Wildman–Crippen LogP) is 3.10. The molecule has 2 amide bonds. The number of rotatable bonds is 5. The van der Waals surface area contributed by atoms with Crippen LogP contribution in [0.25, 0.3) is 0 Å². The number of nitrogens with zero attached hydrogens (tertiary/aromatic N) is 2. The summed E-state index contributed by atoms with van der Waals surface area (Å²) in [6.07, 6.45) is 3.46. The lowest BCUT2D eigenvalue weighted by atomic mass is 9.93. The maximum absolute atomic E-state index is 13.0. The van der Waals surface area contributed by atoms with E-state index in [1.54, 1.807) is 6.20 Å². The highest BCUT2D eigenvalue weighted by Gasteiger charge is 2.28. The highest BCUT2D eigenvalue weighted by Crippen LogP contribution is 2.31. The first-order valence-corrected chi connectivity index (χ1v) is 9.33. The van der Waals surface area contributed by atoms with Crippen molar-refractivity contribution in [3.8, 4) is 5.75 Å². The Morgan fingerprint density at radius 2 is 2.22 bits per heavy atom. The summed E-state index contributed by atoms with van der Waals surface area (Å²) < 4.78 is 5.62. The summed E-state index contributed by atoms with van der Waals surface area (Å²) in [5, 5.41) is 9.85. The number of carbonyl (C=O) groups excluding carboxylic acids is 2. The first-order chi connectivity index (χ1) is 13.0. The number of piperidine rings is 1. The Morgan fingerprint density at radius 1 is 1.41 bits per heavy atom. The van der Waals surface area contributed by atoms with Crippen LogP contribution < -0.4 is 10.1 Å². The fourth-order valence-corrected chi connectivity index (χ4v) is 3.52.